The molecule has 2 saturated carbocycles. The number of nitrogens with zero attached hydrogens (tertiary/aromatic N) is 5. The van der Waals surface area contributed by atoms with Crippen molar-refractivity contribution in [2.75, 3.05) is 20.6 Å². The molecule has 3 aromatic rings. The van der Waals surface area contributed by atoms with Crippen LogP contribution in [0.4, 0.5) is 4.79 Å². The molecule has 320 valence electrons. The van der Waals surface area contributed by atoms with Gasteiger partial charge in [-0.3, -0.25) is 19.0 Å². The van der Waals surface area contributed by atoms with Crippen LogP contribution in [0.5, 0.6) is 6.01 Å². The summed E-state index contributed by atoms with van der Waals surface area (Å²) in [7, 11) is -1.58. The van der Waals surface area contributed by atoms with Crippen molar-refractivity contribution in [3.8, 4) is 16.6 Å². The Morgan fingerprint density at radius 1 is 1.08 bits per heavy atom. The molecule has 0 spiro atoms. The van der Waals surface area contributed by atoms with E-state index < -0.39 is 69.3 Å². The second kappa shape index (κ2) is 16.5. The van der Waals surface area contributed by atoms with Gasteiger partial charge in [-0.1, -0.05) is 31.1 Å². The van der Waals surface area contributed by atoms with Crippen molar-refractivity contribution in [2.45, 2.75) is 134 Å². The summed E-state index contributed by atoms with van der Waals surface area (Å²) in [6, 6.07) is 4.06. The van der Waals surface area contributed by atoms with E-state index in [1.807, 2.05) is 48.8 Å². The molecule has 4 amide bonds. The number of para-hydroxylation sites is 1. The SMILES string of the molecule is CC(C)n1c(O[C@@H]2C[C@H]3C(=O)N[C@]4(C(=O)NS(=O)(=O)N(C)C)C[C@H]4/C=C\CCCCC[C@H](NC(=O)OC(C)(C)C)C(=O)N3C2)nc2c(-c3nc(C4CC4)cs3)cccc21. The first kappa shape index (κ1) is 42.6. The van der Waals surface area contributed by atoms with Gasteiger partial charge < -0.3 is 25.0 Å². The summed E-state index contributed by atoms with van der Waals surface area (Å²) in [5.74, 6) is -1.95. The van der Waals surface area contributed by atoms with Crippen LogP contribution in [0.3, 0.4) is 0 Å². The van der Waals surface area contributed by atoms with E-state index >= 15 is 0 Å². The van der Waals surface area contributed by atoms with E-state index in [0.29, 0.717) is 31.2 Å². The predicted molar refractivity (Wildman–Crippen MR) is 223 cm³/mol. The van der Waals surface area contributed by atoms with Gasteiger partial charge >= 0.3 is 16.3 Å². The van der Waals surface area contributed by atoms with E-state index in [1.165, 1.54) is 19.0 Å². The molecule has 16 nitrogen and oxygen atoms in total. The Morgan fingerprint density at radius 2 is 1.85 bits per heavy atom. The van der Waals surface area contributed by atoms with Gasteiger partial charge in [-0.15, -0.1) is 11.3 Å². The zero-order valence-corrected chi connectivity index (χ0v) is 36.5. The number of fused-ring (bicyclic) bond motifs is 3. The summed E-state index contributed by atoms with van der Waals surface area (Å²) in [5.41, 5.74) is 1.20. The first-order chi connectivity index (χ1) is 27.9. The van der Waals surface area contributed by atoms with Crippen molar-refractivity contribution in [2.24, 2.45) is 5.92 Å². The van der Waals surface area contributed by atoms with Gasteiger partial charge in [0, 0.05) is 49.3 Å². The number of aromatic nitrogens is 3. The zero-order valence-electron chi connectivity index (χ0n) is 34.8. The van der Waals surface area contributed by atoms with Crippen molar-refractivity contribution >= 4 is 56.4 Å². The lowest BCUT2D eigenvalue weighted by Gasteiger charge is -2.30. The molecule has 0 bridgehead atoms. The lowest BCUT2D eigenvalue weighted by atomic mass is 10.0. The Morgan fingerprint density at radius 3 is 2.54 bits per heavy atom. The minimum absolute atomic E-state index is 0.0215. The number of imidazole rings is 1. The standard InChI is InChI=1S/C41H56N8O8S2/c1-24(2)49-31-17-13-15-28(35-42-30(23-58-35)25-18-19-25)33(31)44-38(49)56-27-20-32-34(50)45-41(37(52)46-59(54,55)47(6)7)21-26(41)14-11-9-8-10-12-16-29(36(51)48(32)22-27)43-39(53)57-40(3,4)5/h11,13-15,17,23-27,29,32H,8-10,12,16,18-22H2,1-7H3,(H,43,53)(H,45,50)(H,46,52)/b14-11-/t26-,27-,29+,32+,41-/m1/s1. The van der Waals surface area contributed by atoms with Gasteiger partial charge in [-0.2, -0.15) is 17.7 Å². The van der Waals surface area contributed by atoms with E-state index in [1.54, 1.807) is 32.1 Å². The number of hydrogen-bond acceptors (Lipinski definition) is 11. The number of amides is 4. The summed E-state index contributed by atoms with van der Waals surface area (Å²) < 4.78 is 42.8. The van der Waals surface area contributed by atoms with Gasteiger partial charge in [0.05, 0.1) is 17.8 Å². The highest BCUT2D eigenvalue weighted by molar-refractivity contribution is 7.87. The Bertz CT molecular complexity index is 2240. The van der Waals surface area contributed by atoms with Crippen LogP contribution in [0.1, 0.15) is 110 Å². The molecule has 1 saturated heterocycles. The molecular formula is C41H56N8O8S2. The van der Waals surface area contributed by atoms with Crippen LogP contribution in [-0.4, -0.2) is 106 Å². The topological polar surface area (TPSA) is 194 Å². The van der Waals surface area contributed by atoms with Gasteiger partial charge in [0.25, 0.3) is 11.9 Å². The smallest absolute Gasteiger partial charge is 0.408 e. The van der Waals surface area contributed by atoms with Gasteiger partial charge in [0.15, 0.2) is 0 Å². The van der Waals surface area contributed by atoms with Gasteiger partial charge in [-0.05, 0) is 85.3 Å². The molecular weight excluding hydrogens is 797 g/mol. The largest absolute Gasteiger partial charge is 0.459 e. The number of alkyl carbamates (subject to hydrolysis) is 1. The average Bonchev–Trinajstić information content (AvgIpc) is 3.94. The maximum Gasteiger partial charge on any atom is 0.408 e. The lowest BCUT2D eigenvalue weighted by Crippen LogP contribution is -2.58. The first-order valence-corrected chi connectivity index (χ1v) is 22.9. The molecule has 0 radical (unpaired) electrons. The molecule has 3 N–H and O–H groups in total. The third-order valence-electron chi connectivity index (χ3n) is 11.3. The van der Waals surface area contributed by atoms with E-state index in [9.17, 15) is 27.6 Å². The third-order valence-corrected chi connectivity index (χ3v) is 13.6. The van der Waals surface area contributed by atoms with Gasteiger partial charge in [-0.25, -0.2) is 14.5 Å². The number of rotatable bonds is 9. The molecule has 3 fully saturated rings. The van der Waals surface area contributed by atoms with E-state index in [-0.39, 0.29) is 25.4 Å². The number of thiazole rings is 1. The molecule has 5 atom stereocenters. The van der Waals surface area contributed by atoms with Crippen molar-refractivity contribution < 1.29 is 37.1 Å². The number of nitrogens with one attached hydrogen (secondary N) is 3. The number of allylic oxidation sites excluding steroid dienone is 1. The highest BCUT2D eigenvalue weighted by Crippen LogP contribution is 2.46. The molecule has 2 aliphatic heterocycles. The molecule has 7 rings (SSSR count). The number of hydrogen-bond donors (Lipinski definition) is 3. The van der Waals surface area contributed by atoms with Crippen molar-refractivity contribution in [3.63, 3.8) is 0 Å². The highest BCUT2D eigenvalue weighted by atomic mass is 32.2. The Hall–Kier alpha value is -4.55. The Labute approximate surface area is 349 Å². The molecule has 1 aromatic carbocycles. The molecule has 2 aromatic heterocycles. The van der Waals surface area contributed by atoms with Gasteiger partial charge in [0.2, 0.25) is 11.8 Å². The van der Waals surface area contributed by atoms with Crippen LogP contribution < -0.4 is 20.1 Å². The predicted octanol–water partition coefficient (Wildman–Crippen LogP) is 5.18. The minimum atomic E-state index is -4.18. The minimum Gasteiger partial charge on any atom is -0.459 e. The lowest BCUT2D eigenvalue weighted by molar-refractivity contribution is -0.141. The molecule has 4 aliphatic rings. The fourth-order valence-corrected chi connectivity index (χ4v) is 9.42. The number of carbonyl (C=O) groups is 4. The van der Waals surface area contributed by atoms with Crippen LogP contribution in [0, 0.1) is 5.92 Å². The van der Waals surface area contributed by atoms with E-state index in [4.69, 9.17) is 19.4 Å². The van der Waals surface area contributed by atoms with Crippen molar-refractivity contribution in [1.29, 1.82) is 0 Å². The van der Waals surface area contributed by atoms with Crippen LogP contribution >= 0.6 is 11.3 Å². The monoisotopic (exact) mass is 852 g/mol. The zero-order chi connectivity index (χ0) is 42.4. The molecule has 0 unspecified atom stereocenters. The van der Waals surface area contributed by atoms with Crippen molar-refractivity contribution in [3.05, 3.63) is 41.4 Å². The van der Waals surface area contributed by atoms with E-state index in [0.717, 1.165) is 57.3 Å². The quantitative estimate of drug-likeness (QED) is 0.242. The molecule has 2 aliphatic carbocycles. The Balaban J connectivity index is 1.22. The highest BCUT2D eigenvalue weighted by Gasteiger charge is 2.62. The summed E-state index contributed by atoms with van der Waals surface area (Å²) in [6.45, 7) is 9.23. The van der Waals surface area contributed by atoms with Crippen molar-refractivity contribution in [1.82, 2.24) is 39.1 Å². The number of ether oxygens (including phenoxy) is 2. The van der Waals surface area contributed by atoms with Crippen LogP contribution in [0.2, 0.25) is 0 Å². The number of benzene rings is 1. The Kier molecular flexibility index (Phi) is 11.9. The second-order valence-corrected chi connectivity index (χ2v) is 20.4. The molecule has 4 heterocycles. The third kappa shape index (κ3) is 9.28. The summed E-state index contributed by atoms with van der Waals surface area (Å²) in [6.07, 6.45) is 7.96. The number of carbonyl (C=O) groups excluding carboxylic acids is 4. The van der Waals surface area contributed by atoms with Crippen LogP contribution in [0.25, 0.3) is 21.6 Å². The summed E-state index contributed by atoms with van der Waals surface area (Å²) >= 11 is 1.59. The molecule has 59 heavy (non-hydrogen) atoms. The summed E-state index contributed by atoms with van der Waals surface area (Å²) in [5, 5.41) is 8.64. The fraction of sp³-hybridized carbons (Fsp3) is 0.610. The average molecular weight is 853 g/mol. The fourth-order valence-electron chi connectivity index (χ4n) is 7.89. The normalized spacial score (nSPS) is 26.1. The molecule has 18 heteroatoms. The first-order valence-electron chi connectivity index (χ1n) is 20.5. The van der Waals surface area contributed by atoms with Gasteiger partial charge in [0.1, 0.15) is 39.9 Å². The van der Waals surface area contributed by atoms with Crippen LogP contribution in [0.15, 0.2) is 35.7 Å². The van der Waals surface area contributed by atoms with E-state index in [2.05, 4.69) is 20.7 Å². The summed E-state index contributed by atoms with van der Waals surface area (Å²) in [4.78, 5) is 67.5. The maximum absolute atomic E-state index is 14.7. The maximum atomic E-state index is 14.7. The second-order valence-electron chi connectivity index (χ2n) is 17.6. The van der Waals surface area contributed by atoms with Crippen LogP contribution in [-0.2, 0) is 29.3 Å².